The van der Waals surface area contributed by atoms with Crippen molar-refractivity contribution in [3.8, 4) is 11.4 Å². The minimum absolute atomic E-state index is 0.906. The fraction of sp³-hybridized carbons (Fsp3) is 0.130. The molecule has 0 unspecified atom stereocenters. The molecule has 5 aromatic rings. The summed E-state index contributed by atoms with van der Waals surface area (Å²) >= 11 is 0. The first-order valence-corrected chi connectivity index (χ1v) is 8.80. The van der Waals surface area contributed by atoms with Gasteiger partial charge in [0.05, 0.1) is 13.2 Å². The lowest BCUT2D eigenvalue weighted by Gasteiger charge is -2.04. The fourth-order valence-corrected chi connectivity index (χ4v) is 3.71. The average Bonchev–Trinajstić information content (AvgIpc) is 2.99. The van der Waals surface area contributed by atoms with Crippen molar-refractivity contribution >= 4 is 32.7 Å². The molecule has 3 heteroatoms. The molecule has 126 valence electrons. The Hall–Kier alpha value is -3.20. The number of hydrogen-bond donors (Lipinski definition) is 0. The largest absolute Gasteiger partial charge is 0.455 e. The molecule has 0 radical (unpaired) electrons. The van der Waals surface area contributed by atoms with Crippen LogP contribution in [0.1, 0.15) is 11.3 Å². The van der Waals surface area contributed by atoms with E-state index in [4.69, 9.17) is 9.40 Å². The van der Waals surface area contributed by atoms with Crippen LogP contribution < -0.4 is 4.57 Å². The molecule has 0 fully saturated rings. The molecule has 0 bridgehead atoms. The van der Waals surface area contributed by atoms with Crippen LogP contribution in [-0.4, -0.2) is 4.98 Å². The Balaban J connectivity index is 1.93. The van der Waals surface area contributed by atoms with E-state index >= 15 is 0 Å². The monoisotopic (exact) mass is 339 g/mol. The molecule has 0 N–H and O–H groups in total. The van der Waals surface area contributed by atoms with Crippen molar-refractivity contribution < 1.29 is 8.98 Å². The van der Waals surface area contributed by atoms with E-state index in [0.29, 0.717) is 0 Å². The van der Waals surface area contributed by atoms with E-state index in [2.05, 4.69) is 60.0 Å². The normalized spacial score (nSPS) is 11.7. The van der Waals surface area contributed by atoms with E-state index in [-0.39, 0.29) is 0 Å². The van der Waals surface area contributed by atoms with Crippen molar-refractivity contribution in [2.24, 2.45) is 7.05 Å². The smallest absolute Gasteiger partial charge is 0.334 e. The second-order valence-electron chi connectivity index (χ2n) is 6.94. The Morgan fingerprint density at radius 2 is 1.65 bits per heavy atom. The van der Waals surface area contributed by atoms with Gasteiger partial charge in [-0.1, -0.05) is 36.4 Å². The van der Waals surface area contributed by atoms with Gasteiger partial charge in [-0.3, -0.25) is 0 Å². The predicted octanol–water partition coefficient (Wildman–Crippen LogP) is 5.24. The lowest BCUT2D eigenvalue weighted by Crippen LogP contribution is -2.32. The minimum atomic E-state index is 0.906. The van der Waals surface area contributed by atoms with Crippen LogP contribution in [0.2, 0.25) is 0 Å². The number of fused-ring (bicyclic) bond motifs is 4. The molecular weight excluding hydrogens is 320 g/mol. The quantitative estimate of drug-likeness (QED) is 0.391. The number of hydrogen-bond acceptors (Lipinski definition) is 2. The standard InChI is InChI=1S/C23H19N2O/c1-14-8-9-18-19-12-16-6-4-5-7-17(16)13-20(19)26-22(18)21(14)23-24-15(2)10-11-25(23)3/h4-13H,1-3H3/q+1. The van der Waals surface area contributed by atoms with E-state index in [1.165, 1.54) is 10.8 Å². The van der Waals surface area contributed by atoms with Crippen molar-refractivity contribution in [1.82, 2.24) is 4.98 Å². The molecule has 0 saturated carbocycles. The highest BCUT2D eigenvalue weighted by atomic mass is 16.3. The first-order valence-electron chi connectivity index (χ1n) is 8.80. The molecule has 0 amide bonds. The molecule has 0 saturated heterocycles. The van der Waals surface area contributed by atoms with Gasteiger partial charge in [0.1, 0.15) is 11.1 Å². The van der Waals surface area contributed by atoms with Crippen LogP contribution in [0.5, 0.6) is 0 Å². The zero-order valence-electron chi connectivity index (χ0n) is 15.1. The third kappa shape index (κ3) is 2.14. The maximum Gasteiger partial charge on any atom is 0.334 e. The summed E-state index contributed by atoms with van der Waals surface area (Å²) in [5, 5.41) is 4.70. The van der Waals surface area contributed by atoms with E-state index in [0.717, 1.165) is 44.6 Å². The topological polar surface area (TPSA) is 29.9 Å². The molecule has 2 aromatic heterocycles. The van der Waals surface area contributed by atoms with Crippen LogP contribution in [0.3, 0.4) is 0 Å². The summed E-state index contributed by atoms with van der Waals surface area (Å²) in [7, 11) is 2.02. The number of rotatable bonds is 1. The molecule has 0 spiro atoms. The van der Waals surface area contributed by atoms with Crippen LogP contribution in [0, 0.1) is 13.8 Å². The van der Waals surface area contributed by atoms with Crippen molar-refractivity contribution in [2.75, 3.05) is 0 Å². The first kappa shape index (κ1) is 15.1. The maximum atomic E-state index is 6.37. The summed E-state index contributed by atoms with van der Waals surface area (Å²) in [6, 6.07) is 19.1. The number of furan rings is 1. The van der Waals surface area contributed by atoms with E-state index in [1.807, 2.05) is 26.2 Å². The first-order chi connectivity index (χ1) is 12.6. The van der Waals surface area contributed by atoms with E-state index < -0.39 is 0 Å². The van der Waals surface area contributed by atoms with Gasteiger partial charge in [-0.2, -0.15) is 0 Å². The number of aryl methyl sites for hydroxylation is 3. The lowest BCUT2D eigenvalue weighted by molar-refractivity contribution is -0.663. The van der Waals surface area contributed by atoms with Crippen LogP contribution in [0.25, 0.3) is 44.1 Å². The number of aromatic nitrogens is 2. The lowest BCUT2D eigenvalue weighted by atomic mass is 10.0. The molecule has 2 heterocycles. The van der Waals surface area contributed by atoms with Crippen LogP contribution in [0.4, 0.5) is 0 Å². The second kappa shape index (κ2) is 5.40. The van der Waals surface area contributed by atoms with Crippen LogP contribution in [0.15, 0.2) is 65.2 Å². The van der Waals surface area contributed by atoms with Gasteiger partial charge >= 0.3 is 5.82 Å². The van der Waals surface area contributed by atoms with Gasteiger partial charge in [-0.25, -0.2) is 4.57 Å². The molecule has 0 aliphatic carbocycles. The summed E-state index contributed by atoms with van der Waals surface area (Å²) in [5.41, 5.74) is 5.05. The van der Waals surface area contributed by atoms with Gasteiger partial charge in [0.25, 0.3) is 0 Å². The predicted molar refractivity (Wildman–Crippen MR) is 105 cm³/mol. The van der Waals surface area contributed by atoms with Gasteiger partial charge in [-0.05, 0) is 40.4 Å². The molecule has 3 aromatic carbocycles. The van der Waals surface area contributed by atoms with Gasteiger partial charge in [-0.15, -0.1) is 0 Å². The highest BCUT2D eigenvalue weighted by molar-refractivity contribution is 6.13. The average molecular weight is 339 g/mol. The van der Waals surface area contributed by atoms with Gasteiger partial charge in [0.15, 0.2) is 11.3 Å². The van der Waals surface area contributed by atoms with Crippen molar-refractivity contribution in [3.63, 3.8) is 0 Å². The summed E-state index contributed by atoms with van der Waals surface area (Å²) in [5.74, 6) is 0.928. The van der Waals surface area contributed by atoms with Gasteiger partial charge in [0.2, 0.25) is 0 Å². The Morgan fingerprint density at radius 3 is 2.46 bits per heavy atom. The minimum Gasteiger partial charge on any atom is -0.455 e. The van der Waals surface area contributed by atoms with E-state index in [1.54, 1.807) is 0 Å². The Bertz CT molecular complexity index is 1310. The SMILES string of the molecule is Cc1cc[n+](C)c(-c2c(C)ccc3c2oc2cc4ccccc4cc23)n1. The van der Waals surface area contributed by atoms with E-state index in [9.17, 15) is 0 Å². The number of benzene rings is 3. The maximum absolute atomic E-state index is 6.37. The zero-order valence-corrected chi connectivity index (χ0v) is 15.1. The second-order valence-corrected chi connectivity index (χ2v) is 6.94. The molecule has 3 nitrogen and oxygen atoms in total. The number of nitrogens with zero attached hydrogens (tertiary/aromatic N) is 2. The third-order valence-electron chi connectivity index (χ3n) is 5.10. The van der Waals surface area contributed by atoms with Crippen molar-refractivity contribution in [3.05, 3.63) is 72.1 Å². The highest BCUT2D eigenvalue weighted by Crippen LogP contribution is 2.37. The molecule has 0 aliphatic rings. The molecule has 0 atom stereocenters. The Kier molecular flexibility index (Phi) is 3.13. The van der Waals surface area contributed by atoms with Crippen LogP contribution >= 0.6 is 0 Å². The molecule has 0 aliphatic heterocycles. The summed E-state index contributed by atoms with van der Waals surface area (Å²) < 4.78 is 8.42. The fourth-order valence-electron chi connectivity index (χ4n) is 3.71. The van der Waals surface area contributed by atoms with Gasteiger partial charge in [0, 0.05) is 23.8 Å². The summed E-state index contributed by atoms with van der Waals surface area (Å²) in [6.07, 6.45) is 2.05. The summed E-state index contributed by atoms with van der Waals surface area (Å²) in [4.78, 5) is 4.78. The molecule has 26 heavy (non-hydrogen) atoms. The van der Waals surface area contributed by atoms with Crippen LogP contribution in [-0.2, 0) is 7.05 Å². The van der Waals surface area contributed by atoms with Gasteiger partial charge < -0.3 is 4.42 Å². The molecule has 5 rings (SSSR count). The Morgan fingerprint density at radius 1 is 0.885 bits per heavy atom. The van der Waals surface area contributed by atoms with Crippen molar-refractivity contribution in [1.29, 1.82) is 0 Å². The summed E-state index contributed by atoms with van der Waals surface area (Å²) in [6.45, 7) is 4.13. The zero-order chi connectivity index (χ0) is 17.8. The Labute approximate surface area is 151 Å². The molecular formula is C23H19N2O+. The third-order valence-corrected chi connectivity index (χ3v) is 5.10. The highest BCUT2D eigenvalue weighted by Gasteiger charge is 2.23. The van der Waals surface area contributed by atoms with Crippen molar-refractivity contribution in [2.45, 2.75) is 13.8 Å².